The van der Waals surface area contributed by atoms with E-state index in [4.69, 9.17) is 4.74 Å². The molecule has 0 bridgehead atoms. The molecule has 0 aliphatic rings. The minimum absolute atomic E-state index is 0.00211. The fourth-order valence-electron chi connectivity index (χ4n) is 4.48. The predicted octanol–water partition coefficient (Wildman–Crippen LogP) is 3.48. The van der Waals surface area contributed by atoms with Gasteiger partial charge in [-0.2, -0.15) is 17.0 Å². The average molecular weight is 648 g/mol. The maximum Gasteiger partial charge on any atom is 0.324 e. The molecule has 0 aromatic heterocycles. The Morgan fingerprint density at radius 3 is 1.89 bits per heavy atom. The number of nitrogens with one attached hydrogen (secondary N) is 1. The second-order valence-corrected chi connectivity index (χ2v) is 14.9. The lowest BCUT2D eigenvalue weighted by molar-refractivity contribution is -0.161. The van der Waals surface area contributed by atoms with Crippen molar-refractivity contribution in [1.82, 2.24) is 13.9 Å². The molecule has 2 aromatic rings. The van der Waals surface area contributed by atoms with Gasteiger partial charge in [0.2, 0.25) is 5.91 Å². The summed E-state index contributed by atoms with van der Waals surface area (Å²) in [4.78, 5) is 38.5. The number of hydrogen-bond acceptors (Lipinski definition) is 7. The third-order valence-corrected chi connectivity index (χ3v) is 10.3. The molecule has 0 saturated carbocycles. The molecule has 3 atom stereocenters. The van der Waals surface area contributed by atoms with E-state index in [9.17, 15) is 33.0 Å². The van der Waals surface area contributed by atoms with Gasteiger partial charge in [0.1, 0.15) is 12.1 Å². The SMILES string of the molecule is CC(C)CN(CC(O)C(Cc1ccccc1)NC(=O)C(C)C(C)(C)C(=O)OCc1ccccc1)S(=O)(=O)N(C)C(C)(C)C(=O)O. The van der Waals surface area contributed by atoms with E-state index in [-0.39, 0.29) is 25.5 Å². The highest BCUT2D eigenvalue weighted by Crippen LogP contribution is 2.29. The fourth-order valence-corrected chi connectivity index (χ4v) is 6.30. The number of carbonyl (C=O) groups excluding carboxylic acids is 2. The van der Waals surface area contributed by atoms with Crippen molar-refractivity contribution in [3.05, 3.63) is 71.8 Å². The first-order valence-corrected chi connectivity index (χ1v) is 16.4. The van der Waals surface area contributed by atoms with E-state index in [2.05, 4.69) is 5.32 Å². The van der Waals surface area contributed by atoms with E-state index < -0.39 is 63.6 Å². The number of aliphatic hydroxyl groups excluding tert-OH is 1. The van der Waals surface area contributed by atoms with Gasteiger partial charge >= 0.3 is 11.9 Å². The number of carboxylic acid groups (broad SMARTS) is 1. The number of rotatable bonds is 17. The Labute approximate surface area is 267 Å². The molecule has 0 aliphatic carbocycles. The molecule has 12 heteroatoms. The lowest BCUT2D eigenvalue weighted by atomic mass is 9.79. The van der Waals surface area contributed by atoms with Crippen molar-refractivity contribution in [2.45, 2.75) is 79.2 Å². The molecule has 0 heterocycles. The van der Waals surface area contributed by atoms with Crippen LogP contribution >= 0.6 is 0 Å². The molecule has 3 unspecified atom stereocenters. The minimum atomic E-state index is -4.36. The summed E-state index contributed by atoms with van der Waals surface area (Å²) in [5.74, 6) is -3.43. The second kappa shape index (κ2) is 15.8. The number of carbonyl (C=O) groups is 3. The van der Waals surface area contributed by atoms with Gasteiger partial charge in [-0.15, -0.1) is 0 Å². The Bertz CT molecular complexity index is 1380. The molecule has 45 heavy (non-hydrogen) atoms. The quantitative estimate of drug-likeness (QED) is 0.221. The largest absolute Gasteiger partial charge is 0.480 e. The topological polar surface area (TPSA) is 154 Å². The summed E-state index contributed by atoms with van der Waals surface area (Å²) >= 11 is 0. The summed E-state index contributed by atoms with van der Waals surface area (Å²) in [7, 11) is -3.17. The van der Waals surface area contributed by atoms with Crippen LogP contribution in [0.5, 0.6) is 0 Å². The Morgan fingerprint density at radius 1 is 0.889 bits per heavy atom. The van der Waals surface area contributed by atoms with Crippen molar-refractivity contribution in [2.24, 2.45) is 17.3 Å². The van der Waals surface area contributed by atoms with Gasteiger partial charge in [-0.25, -0.2) is 0 Å². The smallest absolute Gasteiger partial charge is 0.324 e. The summed E-state index contributed by atoms with van der Waals surface area (Å²) < 4.78 is 34.7. The highest BCUT2D eigenvalue weighted by molar-refractivity contribution is 7.86. The Kier molecular flexibility index (Phi) is 13.3. The van der Waals surface area contributed by atoms with E-state index in [0.717, 1.165) is 19.7 Å². The fraction of sp³-hybridized carbons (Fsp3) is 0.545. The summed E-state index contributed by atoms with van der Waals surface area (Å²) in [5, 5.41) is 24.0. The van der Waals surface area contributed by atoms with Gasteiger partial charge in [-0.05, 0) is 51.2 Å². The number of ether oxygens (including phenoxy) is 1. The number of hydrogen-bond donors (Lipinski definition) is 3. The standard InChI is InChI=1S/C33H49N3O8S/c1-23(2)20-36(45(42,43)35(8)33(6,7)30(39)40)21-28(37)27(19-25-15-11-9-12-16-25)34-29(38)24(3)32(4,5)31(41)44-22-26-17-13-10-14-18-26/h9-18,23-24,27-28,37H,19-22H2,1-8H3,(H,34,38)(H,39,40). The molecule has 11 nitrogen and oxygen atoms in total. The molecule has 2 aromatic carbocycles. The minimum Gasteiger partial charge on any atom is -0.480 e. The number of benzene rings is 2. The number of nitrogens with zero attached hydrogens (tertiary/aromatic N) is 2. The Balaban J connectivity index is 2.32. The number of amides is 1. The molecule has 0 aliphatic heterocycles. The average Bonchev–Trinajstić information content (AvgIpc) is 2.98. The normalized spacial score (nSPS) is 14.7. The predicted molar refractivity (Wildman–Crippen MR) is 172 cm³/mol. The van der Waals surface area contributed by atoms with Crippen LogP contribution < -0.4 is 5.32 Å². The molecule has 0 spiro atoms. The number of carboxylic acids is 1. The van der Waals surface area contributed by atoms with Crippen LogP contribution in [0.2, 0.25) is 0 Å². The Hall–Kier alpha value is -3.32. The van der Waals surface area contributed by atoms with E-state index in [1.807, 2.05) is 60.7 Å². The van der Waals surface area contributed by atoms with Gasteiger partial charge in [0.15, 0.2) is 0 Å². The molecule has 1 amide bonds. The molecule has 2 rings (SSSR count). The van der Waals surface area contributed by atoms with Crippen molar-refractivity contribution in [1.29, 1.82) is 0 Å². The van der Waals surface area contributed by atoms with Crippen LogP contribution in [-0.2, 0) is 42.4 Å². The summed E-state index contributed by atoms with van der Waals surface area (Å²) in [6.07, 6.45) is -1.21. The lowest BCUT2D eigenvalue weighted by Gasteiger charge is -2.37. The maximum absolute atomic E-state index is 13.7. The summed E-state index contributed by atoms with van der Waals surface area (Å²) in [6, 6.07) is 17.3. The molecular formula is C33H49N3O8S. The van der Waals surface area contributed by atoms with Crippen molar-refractivity contribution in [2.75, 3.05) is 20.1 Å². The molecule has 0 saturated heterocycles. The van der Waals surface area contributed by atoms with Crippen LogP contribution in [0.4, 0.5) is 0 Å². The zero-order valence-corrected chi connectivity index (χ0v) is 28.4. The molecule has 0 fully saturated rings. The van der Waals surface area contributed by atoms with Gasteiger partial charge < -0.3 is 20.3 Å². The molecule has 250 valence electrons. The van der Waals surface area contributed by atoms with E-state index in [1.165, 1.54) is 20.9 Å². The summed E-state index contributed by atoms with van der Waals surface area (Å²) in [6.45, 7) is 10.7. The zero-order valence-electron chi connectivity index (χ0n) is 27.6. The summed E-state index contributed by atoms with van der Waals surface area (Å²) in [5.41, 5.74) is -1.38. The van der Waals surface area contributed by atoms with Crippen molar-refractivity contribution in [3.8, 4) is 0 Å². The number of aliphatic hydroxyl groups is 1. The third kappa shape index (κ3) is 10.1. The number of likely N-dealkylation sites (N-methyl/N-ethyl adjacent to an activating group) is 1. The van der Waals surface area contributed by atoms with Gasteiger partial charge in [0.05, 0.1) is 23.5 Å². The van der Waals surface area contributed by atoms with Gasteiger partial charge in [0, 0.05) is 20.1 Å². The van der Waals surface area contributed by atoms with E-state index >= 15 is 0 Å². The van der Waals surface area contributed by atoms with Crippen LogP contribution in [0.3, 0.4) is 0 Å². The van der Waals surface area contributed by atoms with Crippen molar-refractivity contribution < 1.29 is 37.8 Å². The van der Waals surface area contributed by atoms with Crippen molar-refractivity contribution in [3.63, 3.8) is 0 Å². The van der Waals surface area contributed by atoms with E-state index in [0.29, 0.717) is 0 Å². The highest BCUT2D eigenvalue weighted by atomic mass is 32.2. The highest BCUT2D eigenvalue weighted by Gasteiger charge is 2.44. The molecule has 3 N–H and O–H groups in total. The monoisotopic (exact) mass is 647 g/mol. The third-order valence-electron chi connectivity index (χ3n) is 8.25. The van der Waals surface area contributed by atoms with Gasteiger partial charge in [0.25, 0.3) is 10.2 Å². The number of esters is 1. The van der Waals surface area contributed by atoms with Crippen LogP contribution in [0.25, 0.3) is 0 Å². The maximum atomic E-state index is 13.7. The van der Waals surface area contributed by atoms with Crippen LogP contribution in [0.1, 0.15) is 59.6 Å². The first kappa shape index (κ1) is 37.9. The van der Waals surface area contributed by atoms with Gasteiger partial charge in [-0.1, -0.05) is 81.4 Å². The molecule has 0 radical (unpaired) electrons. The van der Waals surface area contributed by atoms with Crippen molar-refractivity contribution >= 4 is 28.1 Å². The Morgan fingerprint density at radius 2 is 1.40 bits per heavy atom. The molecular weight excluding hydrogens is 598 g/mol. The van der Waals surface area contributed by atoms with Crippen LogP contribution in [-0.4, -0.2) is 82.9 Å². The van der Waals surface area contributed by atoms with Crippen LogP contribution in [0, 0.1) is 17.3 Å². The number of aliphatic carboxylic acids is 1. The van der Waals surface area contributed by atoms with Gasteiger partial charge in [-0.3, -0.25) is 14.4 Å². The zero-order chi connectivity index (χ0) is 34.2. The first-order valence-electron chi connectivity index (χ1n) is 15.0. The first-order chi connectivity index (χ1) is 20.8. The lowest BCUT2D eigenvalue weighted by Crippen LogP contribution is -2.58. The second-order valence-electron chi connectivity index (χ2n) is 12.9. The van der Waals surface area contributed by atoms with Crippen LogP contribution in [0.15, 0.2) is 60.7 Å². The van der Waals surface area contributed by atoms with E-state index in [1.54, 1.807) is 34.6 Å².